The Morgan fingerprint density at radius 3 is 1.98 bits per heavy atom. The number of nitrogens with one attached hydrogen (secondary N) is 1. The van der Waals surface area contributed by atoms with Gasteiger partial charge < -0.3 is 10.2 Å². The van der Waals surface area contributed by atoms with Gasteiger partial charge in [0.05, 0.1) is 16.3 Å². The summed E-state index contributed by atoms with van der Waals surface area (Å²) in [6.45, 7) is 2.13. The molecule has 4 aromatic heterocycles. The maximum absolute atomic E-state index is 8.27. The molecular formula is C49H33N5OS2. The second kappa shape index (κ2) is 14.3. The van der Waals surface area contributed by atoms with Gasteiger partial charge in [-0.3, -0.25) is 5.41 Å². The van der Waals surface area contributed by atoms with Crippen molar-refractivity contribution in [3.05, 3.63) is 180 Å². The lowest BCUT2D eigenvalue weighted by molar-refractivity contribution is 0.669. The van der Waals surface area contributed by atoms with E-state index in [4.69, 9.17) is 30.5 Å². The van der Waals surface area contributed by atoms with E-state index in [9.17, 15) is 0 Å². The van der Waals surface area contributed by atoms with E-state index in [0.717, 1.165) is 59.2 Å². The van der Waals surface area contributed by atoms with Crippen LogP contribution in [0.4, 0.5) is 5.69 Å². The van der Waals surface area contributed by atoms with Gasteiger partial charge in [0.15, 0.2) is 17.5 Å². The van der Waals surface area contributed by atoms with Crippen LogP contribution in [0.15, 0.2) is 168 Å². The van der Waals surface area contributed by atoms with Gasteiger partial charge in [0, 0.05) is 63.3 Å². The second-order valence-electron chi connectivity index (χ2n) is 13.8. The zero-order valence-electron chi connectivity index (χ0n) is 30.7. The predicted octanol–water partition coefficient (Wildman–Crippen LogP) is 13.3. The summed E-state index contributed by atoms with van der Waals surface area (Å²) in [5.74, 6) is 1.93. The third-order valence-corrected chi connectivity index (χ3v) is 12.5. The molecule has 0 aliphatic carbocycles. The molecule has 0 spiro atoms. The van der Waals surface area contributed by atoms with E-state index in [2.05, 4.69) is 61.5 Å². The van der Waals surface area contributed by atoms with E-state index in [1.165, 1.54) is 25.7 Å². The maximum atomic E-state index is 8.27. The van der Waals surface area contributed by atoms with Gasteiger partial charge in [-0.05, 0) is 49.4 Å². The molecule has 0 radical (unpaired) electrons. The minimum absolute atomic E-state index is 0.495. The Morgan fingerprint density at radius 2 is 1.18 bits per heavy atom. The molecule has 0 fully saturated rings. The molecule has 6 nitrogen and oxygen atoms in total. The number of rotatable bonds is 5. The molecule has 11 rings (SSSR count). The summed E-state index contributed by atoms with van der Waals surface area (Å²) in [5, 5.41) is 13.9. The first-order valence-electron chi connectivity index (χ1n) is 18.6. The van der Waals surface area contributed by atoms with Crippen molar-refractivity contribution in [3.8, 4) is 34.2 Å². The quantitative estimate of drug-likeness (QED) is 0.170. The number of aromatic nitrogens is 3. The Hall–Kier alpha value is -7.00. The number of aryl methyl sites for hydroxylation is 1. The van der Waals surface area contributed by atoms with Gasteiger partial charge >= 0.3 is 0 Å². The van der Waals surface area contributed by atoms with E-state index in [-0.39, 0.29) is 0 Å². The molecule has 0 aliphatic heterocycles. The summed E-state index contributed by atoms with van der Waals surface area (Å²) in [6.07, 6.45) is 0. The number of nitrogen functional groups attached to an aromatic ring is 1. The molecule has 3 N–H and O–H groups in total. The van der Waals surface area contributed by atoms with Crippen LogP contribution in [0, 0.1) is 12.3 Å². The van der Waals surface area contributed by atoms with E-state index in [0.29, 0.717) is 28.9 Å². The normalized spacial score (nSPS) is 11.4. The van der Waals surface area contributed by atoms with Crippen molar-refractivity contribution in [2.75, 3.05) is 5.73 Å². The van der Waals surface area contributed by atoms with Crippen LogP contribution in [-0.2, 0) is 0 Å². The molecule has 57 heavy (non-hydrogen) atoms. The van der Waals surface area contributed by atoms with Crippen LogP contribution >= 0.6 is 22.7 Å². The van der Waals surface area contributed by atoms with E-state index in [1.807, 2.05) is 109 Å². The Balaban J connectivity index is 0.000000184. The topological polar surface area (TPSA) is 102 Å². The van der Waals surface area contributed by atoms with Gasteiger partial charge in [-0.15, -0.1) is 22.7 Å². The lowest BCUT2D eigenvalue weighted by atomic mass is 10.0. The average Bonchev–Trinajstić information content (AvgIpc) is 3.94. The summed E-state index contributed by atoms with van der Waals surface area (Å²) in [7, 11) is 0. The van der Waals surface area contributed by atoms with Crippen LogP contribution in [0.3, 0.4) is 0 Å². The Morgan fingerprint density at radius 1 is 0.526 bits per heavy atom. The number of hydrogen-bond donors (Lipinski definition) is 2. The average molecular weight is 772 g/mol. The smallest absolute Gasteiger partial charge is 0.164 e. The first-order chi connectivity index (χ1) is 28.0. The monoisotopic (exact) mass is 771 g/mol. The number of benzene rings is 7. The van der Waals surface area contributed by atoms with Crippen molar-refractivity contribution in [1.29, 1.82) is 5.41 Å². The van der Waals surface area contributed by atoms with Gasteiger partial charge in [-0.2, -0.15) is 0 Å². The molecular weight excluding hydrogens is 739 g/mol. The van der Waals surface area contributed by atoms with Gasteiger partial charge in [0.1, 0.15) is 11.2 Å². The molecule has 0 bridgehead atoms. The number of anilines is 1. The summed E-state index contributed by atoms with van der Waals surface area (Å²) in [6, 6.07) is 55.1. The molecule has 0 amide bonds. The van der Waals surface area contributed by atoms with Crippen LogP contribution in [0.2, 0.25) is 0 Å². The molecule has 0 aliphatic rings. The molecule has 4 heterocycles. The minimum Gasteiger partial charge on any atom is -0.456 e. The lowest BCUT2D eigenvalue weighted by Crippen LogP contribution is -2.01. The number of furan rings is 1. The molecule has 8 heteroatoms. The summed E-state index contributed by atoms with van der Waals surface area (Å²) >= 11 is 3.38. The number of hydrogen-bond acceptors (Lipinski definition) is 8. The van der Waals surface area contributed by atoms with E-state index in [1.54, 1.807) is 22.7 Å². The van der Waals surface area contributed by atoms with Gasteiger partial charge in [-0.25, -0.2) is 15.0 Å². The van der Waals surface area contributed by atoms with E-state index < -0.39 is 0 Å². The highest BCUT2D eigenvalue weighted by Crippen LogP contribution is 2.41. The number of nitrogens with zero attached hydrogens (tertiary/aromatic N) is 3. The molecule has 0 saturated heterocycles. The van der Waals surface area contributed by atoms with E-state index >= 15 is 0 Å². The maximum Gasteiger partial charge on any atom is 0.164 e. The largest absolute Gasteiger partial charge is 0.456 e. The summed E-state index contributed by atoms with van der Waals surface area (Å²) in [4.78, 5) is 15.9. The third-order valence-electron chi connectivity index (χ3n) is 10.1. The van der Waals surface area contributed by atoms with Crippen molar-refractivity contribution in [3.63, 3.8) is 0 Å². The van der Waals surface area contributed by atoms with Crippen molar-refractivity contribution in [2.45, 2.75) is 6.92 Å². The van der Waals surface area contributed by atoms with Crippen molar-refractivity contribution < 1.29 is 4.42 Å². The van der Waals surface area contributed by atoms with Crippen molar-refractivity contribution >= 4 is 86.3 Å². The number of nitrogens with two attached hydrogens (primary N) is 1. The Labute approximate surface area is 336 Å². The highest BCUT2D eigenvalue weighted by atomic mass is 32.1. The SMILES string of the molecule is Cc1ccc2sc3cccc(-c4nc(-c5ccccc5)nc(-c5ccc6c(c5)oc5ccccc56)n4)c3c2c1.N=C(c1ccccc1)c1sc2ccccc2c1N. The second-order valence-corrected chi connectivity index (χ2v) is 16.0. The van der Waals surface area contributed by atoms with Gasteiger partial charge in [0.25, 0.3) is 0 Å². The predicted molar refractivity (Wildman–Crippen MR) is 240 cm³/mol. The van der Waals surface area contributed by atoms with Gasteiger partial charge in [0.2, 0.25) is 0 Å². The van der Waals surface area contributed by atoms with Crippen LogP contribution in [-0.4, -0.2) is 20.7 Å². The first-order valence-corrected chi connectivity index (χ1v) is 20.2. The fourth-order valence-electron chi connectivity index (χ4n) is 7.32. The van der Waals surface area contributed by atoms with Crippen LogP contribution < -0.4 is 5.73 Å². The van der Waals surface area contributed by atoms with Crippen molar-refractivity contribution in [2.24, 2.45) is 0 Å². The number of thiophene rings is 2. The zero-order valence-corrected chi connectivity index (χ0v) is 32.4. The molecule has 0 saturated carbocycles. The summed E-state index contributed by atoms with van der Waals surface area (Å²) < 4.78 is 9.79. The van der Waals surface area contributed by atoms with Crippen LogP contribution in [0.1, 0.15) is 16.0 Å². The van der Waals surface area contributed by atoms with Crippen LogP contribution in [0.25, 0.3) is 86.4 Å². The fourth-order valence-corrected chi connectivity index (χ4v) is 9.53. The lowest BCUT2D eigenvalue weighted by Gasteiger charge is -2.09. The first kappa shape index (κ1) is 34.5. The highest BCUT2D eigenvalue weighted by Gasteiger charge is 2.18. The number of para-hydroxylation sites is 1. The Kier molecular flexibility index (Phi) is 8.62. The molecule has 0 atom stereocenters. The minimum atomic E-state index is 0.495. The summed E-state index contributed by atoms with van der Waals surface area (Å²) in [5.41, 5.74) is 14.0. The van der Waals surface area contributed by atoms with Crippen molar-refractivity contribution in [1.82, 2.24) is 15.0 Å². The third kappa shape index (κ3) is 6.31. The number of fused-ring (bicyclic) bond motifs is 7. The van der Waals surface area contributed by atoms with Gasteiger partial charge in [-0.1, -0.05) is 127 Å². The highest BCUT2D eigenvalue weighted by molar-refractivity contribution is 7.26. The standard InChI is InChI=1S/C34H21N3OS.C15H12N2S/c1-20-14-17-29-26(18-20)31-25(11-7-13-30(31)39-29)34-36-32(21-8-3-2-4-9-21)35-33(37-34)22-15-16-24-23-10-5-6-12-27(23)38-28(24)19-22;16-13(10-6-2-1-3-7-10)15-14(17)11-8-4-5-9-12(11)18-15/h2-19H,1H3;1-9,16H,17H2. The zero-order chi connectivity index (χ0) is 38.5. The fraction of sp³-hybridized carbons (Fsp3) is 0.0204. The molecule has 11 aromatic rings. The molecule has 272 valence electrons. The molecule has 7 aromatic carbocycles. The molecule has 0 unspecified atom stereocenters. The Bertz CT molecular complexity index is 3290. The van der Waals surface area contributed by atoms with Crippen LogP contribution in [0.5, 0.6) is 0 Å².